The summed E-state index contributed by atoms with van der Waals surface area (Å²) >= 11 is 0. The summed E-state index contributed by atoms with van der Waals surface area (Å²) in [5.74, 6) is -1.52. The molecule has 0 radical (unpaired) electrons. The molecule has 6 N–H and O–H groups in total. The van der Waals surface area contributed by atoms with Gasteiger partial charge in [0.25, 0.3) is 0 Å². The first kappa shape index (κ1) is 43.1. The molecule has 0 aromatic heterocycles. The van der Waals surface area contributed by atoms with Crippen LogP contribution in [-0.4, -0.2) is 103 Å². The Morgan fingerprint density at radius 3 is 2.10 bits per heavy atom. The predicted molar refractivity (Wildman–Crippen MR) is 191 cm³/mol. The molecule has 0 fully saturated rings. The van der Waals surface area contributed by atoms with Gasteiger partial charge in [0, 0.05) is 50.9 Å². The number of benzene rings is 1. The molecule has 0 aliphatic carbocycles. The van der Waals surface area contributed by atoms with Crippen molar-refractivity contribution in [3.63, 3.8) is 0 Å². The lowest BCUT2D eigenvalue weighted by Gasteiger charge is -2.33. The highest BCUT2D eigenvalue weighted by Crippen LogP contribution is 2.17. The van der Waals surface area contributed by atoms with Crippen molar-refractivity contribution < 1.29 is 33.4 Å². The third kappa shape index (κ3) is 17.4. The average molecular weight is 692 g/mol. The molecule has 1 rings (SSSR count). The third-order valence-electron chi connectivity index (χ3n) is 8.17. The number of anilines is 1. The normalized spacial score (nSPS) is 13.0. The van der Waals surface area contributed by atoms with Crippen molar-refractivity contribution >= 4 is 35.5 Å². The summed E-state index contributed by atoms with van der Waals surface area (Å²) in [6.07, 6.45) is 0.774. The number of nitrogens with one attached hydrogen (secondary N) is 4. The van der Waals surface area contributed by atoms with Crippen LogP contribution in [0.2, 0.25) is 0 Å². The van der Waals surface area contributed by atoms with Crippen molar-refractivity contribution in [1.82, 2.24) is 25.8 Å². The van der Waals surface area contributed by atoms with Gasteiger partial charge in [0.2, 0.25) is 17.7 Å². The topological polar surface area (TPSA) is 184 Å². The Kier molecular flexibility index (Phi) is 18.1. The standard InChI is InChI=1S/C35H61N7O7/c1-11-49-35(7,8)19-18-28(43)40-29(24(2)3)31(45)39-27(13-12-20-37-32(36)46)30(44)38-26-16-14-25(15-17-26)23-48-33(47)41(9)21-22-42(10)34(4,5)6/h14-17,24,27,29H,11-13,18-23H2,1-10H3,(H,38,44)(H,39,45)(H,40,43)(H3,36,37,46)/t27-,29?/m0/s1. The van der Waals surface area contributed by atoms with E-state index in [0.717, 1.165) is 5.56 Å². The summed E-state index contributed by atoms with van der Waals surface area (Å²) < 4.78 is 11.1. The maximum atomic E-state index is 13.4. The second-order valence-corrected chi connectivity index (χ2v) is 14.2. The second-order valence-electron chi connectivity index (χ2n) is 14.2. The first-order valence-electron chi connectivity index (χ1n) is 17.0. The van der Waals surface area contributed by atoms with Crippen LogP contribution in [0.4, 0.5) is 15.3 Å². The Morgan fingerprint density at radius 1 is 0.918 bits per heavy atom. The van der Waals surface area contributed by atoms with E-state index in [9.17, 15) is 24.0 Å². The fourth-order valence-corrected chi connectivity index (χ4v) is 4.60. The van der Waals surface area contributed by atoms with E-state index in [2.05, 4.69) is 46.9 Å². The average Bonchev–Trinajstić information content (AvgIpc) is 3.01. The summed E-state index contributed by atoms with van der Waals surface area (Å²) in [6.45, 7) is 17.7. The molecule has 0 spiro atoms. The molecular weight excluding hydrogens is 630 g/mol. The summed E-state index contributed by atoms with van der Waals surface area (Å²) in [5, 5.41) is 10.9. The minimum absolute atomic E-state index is 0.00855. The lowest BCUT2D eigenvalue weighted by Crippen LogP contribution is -2.54. The third-order valence-corrected chi connectivity index (χ3v) is 8.17. The van der Waals surface area contributed by atoms with Gasteiger partial charge in [-0.3, -0.25) is 19.3 Å². The van der Waals surface area contributed by atoms with Crippen molar-refractivity contribution in [2.45, 2.75) is 111 Å². The van der Waals surface area contributed by atoms with E-state index < -0.39 is 41.6 Å². The molecule has 14 nitrogen and oxygen atoms in total. The largest absolute Gasteiger partial charge is 0.445 e. The molecule has 1 aromatic rings. The van der Waals surface area contributed by atoms with Gasteiger partial charge in [-0.15, -0.1) is 0 Å². The van der Waals surface area contributed by atoms with Crippen LogP contribution in [0.3, 0.4) is 0 Å². The van der Waals surface area contributed by atoms with Crippen molar-refractivity contribution in [3.05, 3.63) is 29.8 Å². The Balaban J connectivity index is 2.87. The van der Waals surface area contributed by atoms with Gasteiger partial charge in [-0.1, -0.05) is 26.0 Å². The van der Waals surface area contributed by atoms with Crippen LogP contribution >= 0.6 is 0 Å². The van der Waals surface area contributed by atoms with Gasteiger partial charge in [0.1, 0.15) is 18.7 Å². The van der Waals surface area contributed by atoms with Gasteiger partial charge >= 0.3 is 12.1 Å². The molecule has 0 saturated heterocycles. The molecule has 1 aromatic carbocycles. The highest BCUT2D eigenvalue weighted by Gasteiger charge is 2.29. The molecule has 2 atom stereocenters. The van der Waals surface area contributed by atoms with E-state index in [-0.39, 0.29) is 43.4 Å². The lowest BCUT2D eigenvalue weighted by atomic mass is 9.99. The monoisotopic (exact) mass is 691 g/mol. The molecule has 0 saturated carbocycles. The van der Waals surface area contributed by atoms with Gasteiger partial charge < -0.3 is 41.4 Å². The van der Waals surface area contributed by atoms with Crippen LogP contribution in [0.5, 0.6) is 0 Å². The van der Waals surface area contributed by atoms with Gasteiger partial charge in [0.05, 0.1) is 5.60 Å². The molecular formula is C35H61N7O7. The molecule has 6 amide bonds. The molecule has 278 valence electrons. The van der Waals surface area contributed by atoms with E-state index in [4.69, 9.17) is 15.2 Å². The van der Waals surface area contributed by atoms with Crippen LogP contribution < -0.4 is 27.0 Å². The van der Waals surface area contributed by atoms with Crippen molar-refractivity contribution in [3.8, 4) is 0 Å². The quantitative estimate of drug-likeness (QED) is 0.129. The number of likely N-dealkylation sites (N-methyl/N-ethyl adjacent to an activating group) is 2. The van der Waals surface area contributed by atoms with E-state index >= 15 is 0 Å². The molecule has 0 aliphatic heterocycles. The number of rotatable bonds is 20. The number of hydrogen-bond acceptors (Lipinski definition) is 8. The molecule has 1 unspecified atom stereocenters. The zero-order valence-corrected chi connectivity index (χ0v) is 31.2. The molecule has 0 aliphatic rings. The Labute approximate surface area is 292 Å². The maximum Gasteiger partial charge on any atom is 0.409 e. The zero-order chi connectivity index (χ0) is 37.4. The highest BCUT2D eigenvalue weighted by molar-refractivity contribution is 5.98. The minimum Gasteiger partial charge on any atom is -0.445 e. The van der Waals surface area contributed by atoms with Crippen molar-refractivity contribution in [1.29, 1.82) is 0 Å². The van der Waals surface area contributed by atoms with E-state index in [0.29, 0.717) is 38.2 Å². The Morgan fingerprint density at radius 2 is 1.55 bits per heavy atom. The molecule has 49 heavy (non-hydrogen) atoms. The number of ether oxygens (including phenoxy) is 2. The second kappa shape index (κ2) is 20.6. The molecule has 0 bridgehead atoms. The SMILES string of the molecule is CCOC(C)(C)CCC(=O)NC(C(=O)N[C@@H](CCCNC(N)=O)C(=O)Nc1ccc(COC(=O)N(C)CCN(C)C(C)(C)C)cc1)C(C)C. The van der Waals surface area contributed by atoms with Crippen molar-refractivity contribution in [2.24, 2.45) is 11.7 Å². The number of amides is 6. The fraction of sp³-hybridized carbons (Fsp3) is 0.686. The molecule has 0 heterocycles. The number of hydrogen-bond donors (Lipinski definition) is 5. The smallest absolute Gasteiger partial charge is 0.409 e. The highest BCUT2D eigenvalue weighted by atomic mass is 16.6. The van der Waals surface area contributed by atoms with E-state index in [1.807, 2.05) is 41.7 Å². The maximum absolute atomic E-state index is 13.4. The van der Waals surface area contributed by atoms with Gasteiger partial charge in [0.15, 0.2) is 0 Å². The molecule has 14 heteroatoms. The number of carbonyl (C=O) groups is 5. The lowest BCUT2D eigenvalue weighted by molar-refractivity contribution is -0.132. The Hall–Kier alpha value is -3.91. The van der Waals surface area contributed by atoms with Crippen LogP contribution in [0.25, 0.3) is 0 Å². The van der Waals surface area contributed by atoms with Gasteiger partial charge in [-0.05, 0) is 91.5 Å². The predicted octanol–water partition coefficient (Wildman–Crippen LogP) is 3.59. The number of nitrogens with zero attached hydrogens (tertiary/aromatic N) is 2. The van der Waals surface area contributed by atoms with E-state index in [1.54, 1.807) is 31.3 Å². The first-order valence-corrected chi connectivity index (χ1v) is 17.0. The van der Waals surface area contributed by atoms with Crippen molar-refractivity contribution in [2.75, 3.05) is 45.7 Å². The number of carbonyl (C=O) groups excluding carboxylic acids is 5. The number of nitrogens with two attached hydrogens (primary N) is 1. The van der Waals surface area contributed by atoms with Crippen LogP contribution in [0, 0.1) is 5.92 Å². The summed E-state index contributed by atoms with van der Waals surface area (Å²) in [7, 11) is 3.70. The summed E-state index contributed by atoms with van der Waals surface area (Å²) in [4.78, 5) is 66.9. The van der Waals surface area contributed by atoms with Crippen LogP contribution in [-0.2, 0) is 30.5 Å². The van der Waals surface area contributed by atoms with Gasteiger partial charge in [-0.2, -0.15) is 0 Å². The van der Waals surface area contributed by atoms with Gasteiger partial charge in [-0.25, -0.2) is 9.59 Å². The zero-order valence-electron chi connectivity index (χ0n) is 31.2. The Bertz CT molecular complexity index is 1220. The van der Waals surface area contributed by atoms with Crippen LogP contribution in [0.15, 0.2) is 24.3 Å². The first-order chi connectivity index (χ1) is 22.7. The summed E-state index contributed by atoms with van der Waals surface area (Å²) in [5.41, 5.74) is 5.88. The minimum atomic E-state index is -0.967. The van der Waals surface area contributed by atoms with Crippen LogP contribution in [0.1, 0.15) is 86.6 Å². The summed E-state index contributed by atoms with van der Waals surface area (Å²) in [6, 6.07) is 4.29. The number of primary amides is 1. The fourth-order valence-electron chi connectivity index (χ4n) is 4.60. The van der Waals surface area contributed by atoms with E-state index in [1.165, 1.54) is 4.90 Å². The number of urea groups is 1.